The molecule has 4 nitrogen and oxygen atoms in total. The third kappa shape index (κ3) is 4.19. The van der Waals surface area contributed by atoms with Crippen molar-refractivity contribution >= 4 is 5.82 Å². The summed E-state index contributed by atoms with van der Waals surface area (Å²) in [5, 5.41) is 12.2. The summed E-state index contributed by atoms with van der Waals surface area (Å²) in [6.07, 6.45) is 0. The van der Waals surface area contributed by atoms with E-state index in [1.165, 1.54) is 0 Å². The third-order valence-electron chi connectivity index (χ3n) is 2.34. The van der Waals surface area contributed by atoms with E-state index in [0.29, 0.717) is 31.1 Å². The van der Waals surface area contributed by atoms with E-state index in [2.05, 4.69) is 22.9 Å². The van der Waals surface area contributed by atoms with E-state index in [4.69, 9.17) is 10.00 Å². The lowest BCUT2D eigenvalue weighted by atomic mass is 10.1. The summed E-state index contributed by atoms with van der Waals surface area (Å²) in [4.78, 5) is 4.33. The average Bonchev–Trinajstić information content (AvgIpc) is 2.27. The Morgan fingerprint density at radius 2 is 2.28 bits per heavy atom. The van der Waals surface area contributed by atoms with Crippen molar-refractivity contribution in [1.29, 1.82) is 5.26 Å². The largest absolute Gasteiger partial charge is 0.375 e. The fourth-order valence-electron chi connectivity index (χ4n) is 1.59. The maximum absolute atomic E-state index is 9.09. The monoisotopic (exact) mass is 245 g/mol. The van der Waals surface area contributed by atoms with E-state index >= 15 is 0 Å². The zero-order valence-electron chi connectivity index (χ0n) is 11.2. The molecule has 18 heavy (non-hydrogen) atoms. The summed E-state index contributed by atoms with van der Waals surface area (Å²) < 4.78 is 5.38. The molecule has 0 saturated heterocycles. The van der Waals surface area contributed by atoms with Gasteiger partial charge in [-0.25, -0.2) is 4.98 Å². The first kappa shape index (κ1) is 14.2. The van der Waals surface area contributed by atoms with E-state index in [1.807, 2.05) is 26.8 Å². The van der Waals surface area contributed by atoms with Crippen LogP contribution in [0.25, 0.3) is 0 Å². The van der Waals surface area contributed by atoms with Crippen LogP contribution in [-0.4, -0.2) is 24.7 Å². The van der Waals surface area contributed by atoms with Gasteiger partial charge in [0.15, 0.2) is 0 Å². The Morgan fingerprint density at radius 1 is 1.56 bits per heavy atom. The zero-order chi connectivity index (χ0) is 13.5. The number of nitrogens with one attached hydrogen (secondary N) is 1. The van der Waals surface area contributed by atoms with E-state index < -0.39 is 0 Å². The van der Waals surface area contributed by atoms with E-state index in [9.17, 15) is 0 Å². The molecule has 0 aromatic carbocycles. The third-order valence-corrected chi connectivity index (χ3v) is 2.34. The van der Waals surface area contributed by atoms with Crippen molar-refractivity contribution in [3.63, 3.8) is 0 Å². The Bertz CT molecular complexity index is 475. The van der Waals surface area contributed by atoms with Gasteiger partial charge < -0.3 is 10.1 Å². The summed E-state index contributed by atoms with van der Waals surface area (Å²) in [7, 11) is 0. The highest BCUT2D eigenvalue weighted by Crippen LogP contribution is 2.17. The van der Waals surface area contributed by atoms with Gasteiger partial charge in [0.1, 0.15) is 11.9 Å². The Kier molecular flexibility index (Phi) is 5.34. The minimum atomic E-state index is 0.562. The minimum Gasteiger partial charge on any atom is -0.375 e. The number of aryl methyl sites for hydroxylation is 2. The van der Waals surface area contributed by atoms with Gasteiger partial charge in [-0.3, -0.25) is 0 Å². The zero-order valence-corrected chi connectivity index (χ0v) is 11.2. The molecule has 1 N–H and O–H groups in total. The molecule has 1 aromatic heterocycles. The second kappa shape index (κ2) is 6.77. The first-order valence-corrected chi connectivity index (χ1v) is 5.89. The highest BCUT2D eigenvalue weighted by molar-refractivity contribution is 5.56. The van der Waals surface area contributed by atoms with Gasteiger partial charge >= 0.3 is 0 Å². The predicted octanol–water partition coefficient (Wildman–Crippen LogP) is 2.57. The van der Waals surface area contributed by atoms with Crippen molar-refractivity contribution in [1.82, 2.24) is 4.98 Å². The summed E-state index contributed by atoms with van der Waals surface area (Å²) in [6.45, 7) is 11.3. The Hall–Kier alpha value is -1.86. The first-order chi connectivity index (χ1) is 8.54. The maximum Gasteiger partial charge on any atom is 0.144 e. The van der Waals surface area contributed by atoms with Gasteiger partial charge in [-0.15, -0.1) is 0 Å². The number of rotatable bonds is 6. The number of pyridine rings is 1. The summed E-state index contributed by atoms with van der Waals surface area (Å²) >= 11 is 0. The van der Waals surface area contributed by atoms with Crippen LogP contribution in [0.1, 0.15) is 23.7 Å². The van der Waals surface area contributed by atoms with Crippen LogP contribution in [0.5, 0.6) is 0 Å². The van der Waals surface area contributed by atoms with Crippen LogP contribution in [0.3, 0.4) is 0 Å². The van der Waals surface area contributed by atoms with Crippen molar-refractivity contribution in [3.05, 3.63) is 35.0 Å². The van der Waals surface area contributed by atoms with Crippen molar-refractivity contribution < 1.29 is 4.74 Å². The van der Waals surface area contributed by atoms with Crippen LogP contribution in [-0.2, 0) is 4.74 Å². The fraction of sp³-hybridized carbons (Fsp3) is 0.429. The molecule has 0 atom stereocenters. The number of hydrogen-bond acceptors (Lipinski definition) is 4. The molecule has 0 aliphatic heterocycles. The molecule has 0 spiro atoms. The normalized spacial score (nSPS) is 9.89. The Labute approximate surface area is 108 Å². The average molecular weight is 245 g/mol. The Balaban J connectivity index is 2.57. The molecule has 1 aromatic rings. The summed E-state index contributed by atoms with van der Waals surface area (Å²) in [5.74, 6) is 0.633. The number of aromatic nitrogens is 1. The van der Waals surface area contributed by atoms with Gasteiger partial charge in [-0.05, 0) is 32.4 Å². The van der Waals surface area contributed by atoms with E-state index in [-0.39, 0.29) is 0 Å². The number of hydrogen-bond donors (Lipinski definition) is 1. The SMILES string of the molecule is C=C(C)COCCNc1nc(C)cc(C)c1C#N. The van der Waals surface area contributed by atoms with Crippen LogP contribution >= 0.6 is 0 Å². The van der Waals surface area contributed by atoms with E-state index in [0.717, 1.165) is 16.8 Å². The van der Waals surface area contributed by atoms with Crippen LogP contribution in [0.2, 0.25) is 0 Å². The number of nitrogens with zero attached hydrogens (tertiary/aromatic N) is 2. The topological polar surface area (TPSA) is 57.9 Å². The number of ether oxygens (including phenoxy) is 1. The van der Waals surface area contributed by atoms with Gasteiger partial charge in [0.25, 0.3) is 0 Å². The molecule has 1 rings (SSSR count). The molecule has 4 heteroatoms. The quantitative estimate of drug-likeness (QED) is 0.618. The van der Waals surface area contributed by atoms with Crippen LogP contribution < -0.4 is 5.32 Å². The van der Waals surface area contributed by atoms with Gasteiger partial charge in [0.2, 0.25) is 0 Å². The Morgan fingerprint density at radius 3 is 2.89 bits per heavy atom. The van der Waals surface area contributed by atoms with Gasteiger partial charge in [0.05, 0.1) is 18.8 Å². The standard InChI is InChI=1S/C14H19N3O/c1-10(2)9-18-6-5-16-14-13(8-15)11(3)7-12(4)17-14/h7H,1,5-6,9H2,2-4H3,(H,16,17). The van der Waals surface area contributed by atoms with Gasteiger partial charge in [0, 0.05) is 12.2 Å². The first-order valence-electron chi connectivity index (χ1n) is 5.89. The van der Waals surface area contributed by atoms with Gasteiger partial charge in [-0.1, -0.05) is 12.2 Å². The lowest BCUT2D eigenvalue weighted by Gasteiger charge is -2.10. The molecular formula is C14H19N3O. The molecule has 1 heterocycles. The second-order valence-electron chi connectivity index (χ2n) is 4.35. The maximum atomic E-state index is 9.09. The van der Waals surface area contributed by atoms with Crippen LogP contribution in [0, 0.1) is 25.2 Å². The minimum absolute atomic E-state index is 0.562. The lowest BCUT2D eigenvalue weighted by molar-refractivity contribution is 0.167. The lowest BCUT2D eigenvalue weighted by Crippen LogP contribution is -2.13. The van der Waals surface area contributed by atoms with Crippen molar-refractivity contribution in [2.24, 2.45) is 0 Å². The molecule has 0 aliphatic rings. The van der Waals surface area contributed by atoms with E-state index in [1.54, 1.807) is 0 Å². The van der Waals surface area contributed by atoms with Crippen molar-refractivity contribution in [3.8, 4) is 6.07 Å². The van der Waals surface area contributed by atoms with Crippen LogP contribution in [0.15, 0.2) is 18.2 Å². The predicted molar refractivity (Wildman–Crippen MR) is 72.5 cm³/mol. The second-order valence-corrected chi connectivity index (χ2v) is 4.35. The molecule has 0 saturated carbocycles. The molecule has 0 aliphatic carbocycles. The molecule has 0 fully saturated rings. The number of anilines is 1. The highest BCUT2D eigenvalue weighted by atomic mass is 16.5. The van der Waals surface area contributed by atoms with Crippen molar-refractivity contribution in [2.75, 3.05) is 25.1 Å². The fourth-order valence-corrected chi connectivity index (χ4v) is 1.59. The molecule has 0 amide bonds. The summed E-state index contributed by atoms with van der Waals surface area (Å²) in [6, 6.07) is 4.07. The van der Waals surface area contributed by atoms with Gasteiger partial charge in [-0.2, -0.15) is 5.26 Å². The number of nitriles is 1. The highest BCUT2D eigenvalue weighted by Gasteiger charge is 2.07. The molecule has 96 valence electrons. The molecule has 0 bridgehead atoms. The van der Waals surface area contributed by atoms with Crippen LogP contribution in [0.4, 0.5) is 5.82 Å². The summed E-state index contributed by atoms with van der Waals surface area (Å²) in [5.41, 5.74) is 3.44. The molecular weight excluding hydrogens is 226 g/mol. The molecule has 0 radical (unpaired) electrons. The smallest absolute Gasteiger partial charge is 0.144 e. The molecule has 0 unspecified atom stereocenters. The van der Waals surface area contributed by atoms with Crippen molar-refractivity contribution in [2.45, 2.75) is 20.8 Å².